The molecule has 1 aromatic rings. The Morgan fingerprint density at radius 3 is 3.05 bits per heavy atom. The van der Waals surface area contributed by atoms with Gasteiger partial charge in [-0.15, -0.1) is 0 Å². The summed E-state index contributed by atoms with van der Waals surface area (Å²) in [6, 6.07) is 1.60. The van der Waals surface area contributed by atoms with Crippen molar-refractivity contribution in [1.82, 2.24) is 9.58 Å². The zero-order valence-corrected chi connectivity index (χ0v) is 12.1. The highest BCUT2D eigenvalue weighted by atomic mass is 16.5. The number of piperidine rings is 1. The lowest BCUT2D eigenvalue weighted by Crippen LogP contribution is -2.53. The number of nitrogens with zero attached hydrogens (tertiary/aromatic N) is 2. The molecule has 3 heterocycles. The van der Waals surface area contributed by atoms with Crippen LogP contribution < -0.4 is 10.9 Å². The molecule has 2 aliphatic heterocycles. The molecule has 108 valence electrons. The van der Waals surface area contributed by atoms with Crippen LogP contribution in [0.3, 0.4) is 0 Å². The van der Waals surface area contributed by atoms with Crippen molar-refractivity contribution >= 4 is 5.70 Å². The maximum Gasteiger partial charge on any atom is 0.185 e. The SMILES string of the molecule is C=C1c2c(C)c(=O)ccn2N[C@@H]2CCC(COC)CN12. The Kier molecular flexibility index (Phi) is 3.30. The molecule has 1 saturated heterocycles. The second-order valence-electron chi connectivity index (χ2n) is 5.67. The molecule has 5 nitrogen and oxygen atoms in total. The molecule has 1 unspecified atom stereocenters. The van der Waals surface area contributed by atoms with E-state index in [-0.39, 0.29) is 11.6 Å². The number of hydrogen-bond acceptors (Lipinski definition) is 4. The highest BCUT2D eigenvalue weighted by Gasteiger charge is 2.34. The van der Waals surface area contributed by atoms with Crippen LogP contribution in [0.2, 0.25) is 0 Å². The van der Waals surface area contributed by atoms with Gasteiger partial charge in [-0.05, 0) is 25.7 Å². The normalized spacial score (nSPS) is 24.9. The van der Waals surface area contributed by atoms with Crippen LogP contribution in [0.1, 0.15) is 24.1 Å². The molecular formula is C15H21N3O2. The lowest BCUT2D eigenvalue weighted by atomic mass is 9.95. The summed E-state index contributed by atoms with van der Waals surface area (Å²) in [5.41, 5.74) is 6.10. The predicted octanol–water partition coefficient (Wildman–Crippen LogP) is 1.37. The zero-order valence-electron chi connectivity index (χ0n) is 12.1. The van der Waals surface area contributed by atoms with Gasteiger partial charge >= 0.3 is 0 Å². The first kappa shape index (κ1) is 13.2. The Bertz CT molecular complexity index is 593. The molecule has 1 aromatic heterocycles. The van der Waals surface area contributed by atoms with Crippen molar-refractivity contribution in [1.29, 1.82) is 0 Å². The largest absolute Gasteiger partial charge is 0.384 e. The Morgan fingerprint density at radius 1 is 1.50 bits per heavy atom. The number of pyridine rings is 1. The molecule has 1 fully saturated rings. The summed E-state index contributed by atoms with van der Waals surface area (Å²) in [6.45, 7) is 7.78. The van der Waals surface area contributed by atoms with Gasteiger partial charge in [0.2, 0.25) is 0 Å². The molecule has 0 aliphatic carbocycles. The summed E-state index contributed by atoms with van der Waals surface area (Å²) in [5, 5.41) is 0. The maximum atomic E-state index is 11.8. The quantitative estimate of drug-likeness (QED) is 0.885. The van der Waals surface area contributed by atoms with Gasteiger partial charge in [0.25, 0.3) is 0 Å². The third kappa shape index (κ3) is 2.02. The van der Waals surface area contributed by atoms with E-state index < -0.39 is 0 Å². The smallest absolute Gasteiger partial charge is 0.185 e. The topological polar surface area (TPSA) is 46.5 Å². The van der Waals surface area contributed by atoms with E-state index in [1.165, 1.54) is 0 Å². The van der Waals surface area contributed by atoms with Gasteiger partial charge in [-0.1, -0.05) is 6.58 Å². The minimum Gasteiger partial charge on any atom is -0.384 e. The summed E-state index contributed by atoms with van der Waals surface area (Å²) < 4.78 is 7.22. The van der Waals surface area contributed by atoms with Gasteiger partial charge in [0, 0.05) is 31.5 Å². The number of methoxy groups -OCH3 is 1. The Morgan fingerprint density at radius 2 is 2.30 bits per heavy atom. The third-order valence-electron chi connectivity index (χ3n) is 4.33. The van der Waals surface area contributed by atoms with E-state index in [0.717, 1.165) is 42.9 Å². The predicted molar refractivity (Wildman–Crippen MR) is 78.9 cm³/mol. The second kappa shape index (κ2) is 4.98. The van der Waals surface area contributed by atoms with E-state index in [2.05, 4.69) is 16.9 Å². The van der Waals surface area contributed by atoms with Crippen LogP contribution >= 0.6 is 0 Å². The number of fused-ring (bicyclic) bond motifs is 2. The van der Waals surface area contributed by atoms with E-state index in [9.17, 15) is 4.79 Å². The molecule has 0 bridgehead atoms. The molecule has 2 atom stereocenters. The molecule has 3 rings (SSSR count). The second-order valence-corrected chi connectivity index (χ2v) is 5.67. The average Bonchev–Trinajstić information content (AvgIpc) is 2.44. The molecule has 2 aliphatic rings. The van der Waals surface area contributed by atoms with Crippen LogP contribution in [0.15, 0.2) is 23.6 Å². The monoisotopic (exact) mass is 275 g/mol. The van der Waals surface area contributed by atoms with Gasteiger partial charge < -0.3 is 15.1 Å². The standard InChI is InChI=1S/C15H21N3O2/c1-10-13(19)6-7-18-15(10)11(2)17-8-12(9-20-3)4-5-14(17)16-18/h6-7,12,14,16H,2,4-5,8-9H2,1,3H3/t12?,14-/m0/s1. The fourth-order valence-electron chi connectivity index (χ4n) is 3.25. The van der Waals surface area contributed by atoms with Gasteiger partial charge in [-0.25, -0.2) is 0 Å². The summed E-state index contributed by atoms with van der Waals surface area (Å²) >= 11 is 0. The Labute approximate surface area is 118 Å². The van der Waals surface area contributed by atoms with Gasteiger partial charge in [0.05, 0.1) is 18.0 Å². The highest BCUT2D eigenvalue weighted by molar-refractivity contribution is 5.64. The van der Waals surface area contributed by atoms with Crippen molar-refractivity contribution in [2.24, 2.45) is 5.92 Å². The van der Waals surface area contributed by atoms with E-state index in [1.54, 1.807) is 19.4 Å². The van der Waals surface area contributed by atoms with Crippen LogP contribution in [-0.2, 0) is 4.74 Å². The first-order valence-corrected chi connectivity index (χ1v) is 7.05. The van der Waals surface area contributed by atoms with Crippen LogP contribution in [0, 0.1) is 12.8 Å². The number of ether oxygens (including phenoxy) is 1. The van der Waals surface area contributed by atoms with Crippen molar-refractivity contribution in [3.63, 3.8) is 0 Å². The van der Waals surface area contributed by atoms with Gasteiger partial charge in [0.15, 0.2) is 5.43 Å². The number of rotatable bonds is 2. The van der Waals surface area contributed by atoms with E-state index in [1.807, 2.05) is 11.6 Å². The summed E-state index contributed by atoms with van der Waals surface area (Å²) in [7, 11) is 1.74. The molecule has 0 aromatic carbocycles. The van der Waals surface area contributed by atoms with E-state index in [0.29, 0.717) is 5.92 Å². The average molecular weight is 275 g/mol. The van der Waals surface area contributed by atoms with Crippen molar-refractivity contribution in [3.05, 3.63) is 40.3 Å². The number of hydrogen-bond donors (Lipinski definition) is 1. The molecule has 0 saturated carbocycles. The number of nitrogens with one attached hydrogen (secondary N) is 1. The highest BCUT2D eigenvalue weighted by Crippen LogP contribution is 2.32. The van der Waals surface area contributed by atoms with Crippen molar-refractivity contribution in [3.8, 4) is 0 Å². The maximum absolute atomic E-state index is 11.8. The van der Waals surface area contributed by atoms with Gasteiger partial charge in [-0.2, -0.15) is 0 Å². The molecular weight excluding hydrogens is 254 g/mol. The first-order valence-electron chi connectivity index (χ1n) is 7.05. The van der Waals surface area contributed by atoms with Crippen LogP contribution in [0.5, 0.6) is 0 Å². The van der Waals surface area contributed by atoms with Gasteiger partial charge in [-0.3, -0.25) is 9.47 Å². The molecule has 0 spiro atoms. The fraction of sp³-hybridized carbons (Fsp3) is 0.533. The summed E-state index contributed by atoms with van der Waals surface area (Å²) in [5.74, 6) is 0.525. The molecule has 1 N–H and O–H groups in total. The molecule has 20 heavy (non-hydrogen) atoms. The third-order valence-corrected chi connectivity index (χ3v) is 4.33. The zero-order chi connectivity index (χ0) is 14.3. The van der Waals surface area contributed by atoms with E-state index in [4.69, 9.17) is 4.74 Å². The lowest BCUT2D eigenvalue weighted by molar-refractivity contribution is 0.0893. The number of aromatic nitrogens is 1. The molecule has 0 amide bonds. The Hall–Kier alpha value is -1.75. The van der Waals surface area contributed by atoms with Crippen molar-refractivity contribution in [2.75, 3.05) is 25.7 Å². The minimum absolute atomic E-state index is 0.0584. The van der Waals surface area contributed by atoms with Crippen LogP contribution in [0.25, 0.3) is 5.70 Å². The van der Waals surface area contributed by atoms with Gasteiger partial charge in [0.1, 0.15) is 6.17 Å². The van der Waals surface area contributed by atoms with Crippen molar-refractivity contribution < 1.29 is 4.74 Å². The Balaban J connectivity index is 1.95. The lowest BCUT2D eigenvalue weighted by Gasteiger charge is -2.47. The van der Waals surface area contributed by atoms with Crippen LogP contribution in [0.4, 0.5) is 0 Å². The first-order chi connectivity index (χ1) is 9.61. The molecule has 5 heteroatoms. The summed E-state index contributed by atoms with van der Waals surface area (Å²) in [4.78, 5) is 14.1. The minimum atomic E-state index is 0.0584. The fourth-order valence-corrected chi connectivity index (χ4v) is 3.25. The summed E-state index contributed by atoms with van der Waals surface area (Å²) in [6.07, 6.45) is 4.25. The van der Waals surface area contributed by atoms with E-state index >= 15 is 0 Å². The van der Waals surface area contributed by atoms with Crippen molar-refractivity contribution in [2.45, 2.75) is 25.9 Å². The molecule has 0 radical (unpaired) electrons. The van der Waals surface area contributed by atoms with Crippen LogP contribution in [-0.4, -0.2) is 36.0 Å².